The van der Waals surface area contributed by atoms with Gasteiger partial charge in [0, 0.05) is 22.8 Å². The van der Waals surface area contributed by atoms with Crippen LogP contribution in [0.5, 0.6) is 0 Å². The smallest absolute Gasteiger partial charge is 0.227 e. The van der Waals surface area contributed by atoms with E-state index < -0.39 is 0 Å². The van der Waals surface area contributed by atoms with Gasteiger partial charge >= 0.3 is 0 Å². The van der Waals surface area contributed by atoms with Crippen LogP contribution >= 0.6 is 23.7 Å². The minimum absolute atomic E-state index is 0. The second-order valence-corrected chi connectivity index (χ2v) is 5.79. The van der Waals surface area contributed by atoms with Gasteiger partial charge in [0.05, 0.1) is 6.42 Å². The number of hydrogen-bond acceptors (Lipinski definition) is 3. The summed E-state index contributed by atoms with van der Waals surface area (Å²) in [7, 11) is 0. The molecule has 0 spiro atoms. The number of nitrogens with two attached hydrogens (primary N) is 1. The molecule has 1 saturated heterocycles. The molecule has 1 aromatic rings. The molecule has 0 aliphatic carbocycles. The van der Waals surface area contributed by atoms with Crippen LogP contribution in [0.3, 0.4) is 0 Å². The van der Waals surface area contributed by atoms with Crippen molar-refractivity contribution in [3.63, 3.8) is 0 Å². The summed E-state index contributed by atoms with van der Waals surface area (Å²) in [5, 5.41) is 0. The van der Waals surface area contributed by atoms with Gasteiger partial charge in [-0.2, -0.15) is 0 Å². The van der Waals surface area contributed by atoms with Crippen molar-refractivity contribution in [2.75, 3.05) is 19.6 Å². The Morgan fingerprint density at radius 1 is 1.59 bits per heavy atom. The number of nitrogens with zero attached hydrogens (tertiary/aromatic N) is 1. The van der Waals surface area contributed by atoms with Crippen LogP contribution in [0.4, 0.5) is 0 Å². The van der Waals surface area contributed by atoms with Gasteiger partial charge in [-0.05, 0) is 37.9 Å². The van der Waals surface area contributed by atoms with Crippen LogP contribution in [-0.4, -0.2) is 30.4 Å². The number of carbonyl (C=O) groups excluding carboxylic acids is 1. The summed E-state index contributed by atoms with van der Waals surface area (Å²) in [6.07, 6.45) is 1.61. The third kappa shape index (κ3) is 3.69. The highest BCUT2D eigenvalue weighted by Crippen LogP contribution is 2.19. The Balaban J connectivity index is 0.00000144. The van der Waals surface area contributed by atoms with E-state index in [0.717, 1.165) is 19.5 Å². The lowest BCUT2D eigenvalue weighted by atomic mass is 10.1. The van der Waals surface area contributed by atoms with E-state index in [2.05, 4.69) is 13.0 Å². The summed E-state index contributed by atoms with van der Waals surface area (Å²) < 4.78 is 0. The van der Waals surface area contributed by atoms with E-state index in [4.69, 9.17) is 5.73 Å². The maximum Gasteiger partial charge on any atom is 0.227 e. The SMILES string of the molecule is Cc1ccc(CC(=O)N2CCC(CN)C2)s1.Cl. The van der Waals surface area contributed by atoms with Crippen molar-refractivity contribution in [2.45, 2.75) is 19.8 Å². The van der Waals surface area contributed by atoms with Gasteiger partial charge in [-0.15, -0.1) is 23.7 Å². The van der Waals surface area contributed by atoms with E-state index in [1.54, 1.807) is 11.3 Å². The highest BCUT2D eigenvalue weighted by atomic mass is 35.5. The second-order valence-electron chi connectivity index (χ2n) is 4.42. The van der Waals surface area contributed by atoms with Gasteiger partial charge in [-0.3, -0.25) is 4.79 Å². The van der Waals surface area contributed by atoms with Gasteiger partial charge in [0.25, 0.3) is 0 Å². The topological polar surface area (TPSA) is 46.3 Å². The summed E-state index contributed by atoms with van der Waals surface area (Å²) in [6.45, 7) is 4.49. The number of rotatable bonds is 3. The van der Waals surface area contributed by atoms with Gasteiger partial charge in [0.1, 0.15) is 0 Å². The Morgan fingerprint density at radius 2 is 2.35 bits per heavy atom. The first-order chi connectivity index (χ1) is 7.69. The normalized spacial score (nSPS) is 19.2. The molecule has 0 saturated carbocycles. The fraction of sp³-hybridized carbons (Fsp3) is 0.583. The molecule has 1 unspecified atom stereocenters. The molecule has 0 bridgehead atoms. The van der Waals surface area contributed by atoms with Gasteiger partial charge < -0.3 is 10.6 Å². The molecule has 0 aromatic carbocycles. The minimum Gasteiger partial charge on any atom is -0.342 e. The van der Waals surface area contributed by atoms with Crippen molar-refractivity contribution >= 4 is 29.7 Å². The van der Waals surface area contributed by atoms with E-state index >= 15 is 0 Å². The number of likely N-dealkylation sites (tertiary alicyclic amines) is 1. The lowest BCUT2D eigenvalue weighted by Crippen LogP contribution is -2.30. The standard InChI is InChI=1S/C12H18N2OS.ClH/c1-9-2-3-11(16-9)6-12(15)14-5-4-10(7-13)8-14;/h2-3,10H,4-8,13H2,1H3;1H. The average Bonchev–Trinajstić information content (AvgIpc) is 2.87. The quantitative estimate of drug-likeness (QED) is 0.914. The Kier molecular flexibility index (Phi) is 5.43. The highest BCUT2D eigenvalue weighted by molar-refractivity contribution is 7.12. The molecular weight excluding hydrogens is 256 g/mol. The predicted octanol–water partition coefficient (Wildman–Crippen LogP) is 1.83. The Morgan fingerprint density at radius 3 is 2.88 bits per heavy atom. The summed E-state index contributed by atoms with van der Waals surface area (Å²) >= 11 is 1.71. The summed E-state index contributed by atoms with van der Waals surface area (Å²) in [5.74, 6) is 0.756. The van der Waals surface area contributed by atoms with Crippen molar-refractivity contribution < 1.29 is 4.79 Å². The first kappa shape index (κ1) is 14.5. The van der Waals surface area contributed by atoms with Crippen molar-refractivity contribution in [1.82, 2.24) is 4.90 Å². The van der Waals surface area contributed by atoms with Gasteiger partial charge in [-0.1, -0.05) is 0 Å². The van der Waals surface area contributed by atoms with Crippen LogP contribution in [0.1, 0.15) is 16.2 Å². The summed E-state index contributed by atoms with van der Waals surface area (Å²) in [4.78, 5) is 16.4. The number of carbonyl (C=O) groups is 1. The van der Waals surface area contributed by atoms with Gasteiger partial charge in [0.15, 0.2) is 0 Å². The number of aryl methyl sites for hydroxylation is 1. The monoisotopic (exact) mass is 274 g/mol. The molecule has 1 aliphatic heterocycles. The molecule has 1 atom stereocenters. The fourth-order valence-corrected chi connectivity index (χ4v) is 2.97. The number of thiophene rings is 1. The third-order valence-electron chi connectivity index (χ3n) is 3.09. The molecular formula is C12H19ClN2OS. The number of amides is 1. The number of halogens is 1. The lowest BCUT2D eigenvalue weighted by Gasteiger charge is -2.15. The van der Waals surface area contributed by atoms with Crippen molar-refractivity contribution in [3.8, 4) is 0 Å². The molecule has 1 fully saturated rings. The third-order valence-corrected chi connectivity index (χ3v) is 4.09. The molecule has 5 heteroatoms. The van der Waals surface area contributed by atoms with Crippen LogP contribution < -0.4 is 5.73 Å². The van der Waals surface area contributed by atoms with Crippen molar-refractivity contribution in [1.29, 1.82) is 0 Å². The zero-order valence-corrected chi connectivity index (χ0v) is 11.6. The van der Waals surface area contributed by atoms with E-state index in [1.807, 2.05) is 11.0 Å². The predicted molar refractivity (Wildman–Crippen MR) is 73.7 cm³/mol. The van der Waals surface area contributed by atoms with Gasteiger partial charge in [0.2, 0.25) is 5.91 Å². The molecule has 2 rings (SSSR count). The van der Waals surface area contributed by atoms with Gasteiger partial charge in [-0.25, -0.2) is 0 Å². The van der Waals surface area contributed by atoms with Crippen LogP contribution in [0.15, 0.2) is 12.1 Å². The molecule has 1 amide bonds. The molecule has 2 heterocycles. The van der Waals surface area contributed by atoms with Crippen molar-refractivity contribution in [2.24, 2.45) is 11.7 Å². The average molecular weight is 275 g/mol. The van der Waals surface area contributed by atoms with E-state index in [-0.39, 0.29) is 18.3 Å². The van der Waals surface area contributed by atoms with Crippen LogP contribution in [-0.2, 0) is 11.2 Å². The first-order valence-electron chi connectivity index (χ1n) is 5.72. The molecule has 96 valence electrons. The van der Waals surface area contributed by atoms with Crippen molar-refractivity contribution in [3.05, 3.63) is 21.9 Å². The lowest BCUT2D eigenvalue weighted by molar-refractivity contribution is -0.129. The van der Waals surface area contributed by atoms with Crippen LogP contribution in [0, 0.1) is 12.8 Å². The molecule has 17 heavy (non-hydrogen) atoms. The number of hydrogen-bond donors (Lipinski definition) is 1. The summed E-state index contributed by atoms with van der Waals surface area (Å²) in [6, 6.07) is 4.12. The Labute approximate surface area is 112 Å². The van der Waals surface area contributed by atoms with E-state index in [0.29, 0.717) is 18.9 Å². The second kappa shape index (κ2) is 6.38. The molecule has 1 aromatic heterocycles. The molecule has 3 nitrogen and oxygen atoms in total. The Bertz CT molecular complexity index is 380. The fourth-order valence-electron chi connectivity index (χ4n) is 2.09. The van der Waals surface area contributed by atoms with Crippen LogP contribution in [0.25, 0.3) is 0 Å². The maximum absolute atomic E-state index is 12.0. The van der Waals surface area contributed by atoms with E-state index in [9.17, 15) is 4.79 Å². The molecule has 2 N–H and O–H groups in total. The Hall–Kier alpha value is -0.580. The van der Waals surface area contributed by atoms with Crippen LogP contribution in [0.2, 0.25) is 0 Å². The van der Waals surface area contributed by atoms with E-state index in [1.165, 1.54) is 9.75 Å². The molecule has 0 radical (unpaired) electrons. The maximum atomic E-state index is 12.0. The first-order valence-corrected chi connectivity index (χ1v) is 6.54. The zero-order chi connectivity index (χ0) is 11.5. The largest absolute Gasteiger partial charge is 0.342 e. The summed E-state index contributed by atoms with van der Waals surface area (Å²) in [5.41, 5.74) is 5.62. The zero-order valence-electron chi connectivity index (χ0n) is 10.0. The molecule has 1 aliphatic rings. The minimum atomic E-state index is 0. The highest BCUT2D eigenvalue weighted by Gasteiger charge is 2.25.